The van der Waals surface area contributed by atoms with E-state index >= 15 is 0 Å². The predicted molar refractivity (Wildman–Crippen MR) is 57.7 cm³/mol. The molecule has 0 aliphatic heterocycles. The maximum atomic E-state index is 13.3. The molecule has 0 amide bonds. The van der Waals surface area contributed by atoms with Gasteiger partial charge in [-0.2, -0.15) is 0 Å². The smallest absolute Gasteiger partial charge is 0.328 e. The summed E-state index contributed by atoms with van der Waals surface area (Å²) in [7, 11) is 1.70. The van der Waals surface area contributed by atoms with Crippen molar-refractivity contribution in [2.75, 3.05) is 18.5 Å². The van der Waals surface area contributed by atoms with Crippen LogP contribution in [0.4, 0.5) is 10.1 Å². The number of hydrogen-bond acceptors (Lipinski definition) is 5. The fourth-order valence-corrected chi connectivity index (χ4v) is 1.26. The van der Waals surface area contributed by atoms with Crippen LogP contribution in [0.5, 0.6) is 0 Å². The van der Waals surface area contributed by atoms with E-state index in [4.69, 9.17) is 5.84 Å². The van der Waals surface area contributed by atoms with Gasteiger partial charge in [0.25, 0.3) is 0 Å². The SMILES string of the molecule is CN(CCC(=O)ONN)c1ccccc1F. The number of rotatable bonds is 5. The zero-order chi connectivity index (χ0) is 12.0. The summed E-state index contributed by atoms with van der Waals surface area (Å²) in [6, 6.07) is 6.35. The van der Waals surface area contributed by atoms with Gasteiger partial charge in [-0.05, 0) is 12.1 Å². The molecule has 16 heavy (non-hydrogen) atoms. The van der Waals surface area contributed by atoms with E-state index in [-0.39, 0.29) is 12.2 Å². The molecule has 3 N–H and O–H groups in total. The molecule has 0 aliphatic carbocycles. The first-order chi connectivity index (χ1) is 7.65. The highest BCUT2D eigenvalue weighted by Gasteiger charge is 2.09. The van der Waals surface area contributed by atoms with Crippen LogP contribution in [0.2, 0.25) is 0 Å². The number of hydrazine groups is 1. The number of hydrogen-bond donors (Lipinski definition) is 2. The Hall–Kier alpha value is -1.66. The van der Waals surface area contributed by atoms with Crippen molar-refractivity contribution in [3.63, 3.8) is 0 Å². The summed E-state index contributed by atoms with van der Waals surface area (Å²) in [4.78, 5) is 16.9. The van der Waals surface area contributed by atoms with E-state index in [2.05, 4.69) is 4.84 Å². The van der Waals surface area contributed by atoms with Gasteiger partial charge in [-0.15, -0.1) is 0 Å². The number of para-hydroxylation sites is 1. The number of benzene rings is 1. The molecule has 1 aromatic carbocycles. The molecule has 0 saturated heterocycles. The summed E-state index contributed by atoms with van der Waals surface area (Å²) in [5.41, 5.74) is 2.24. The van der Waals surface area contributed by atoms with Crippen LogP contribution in [0, 0.1) is 5.82 Å². The summed E-state index contributed by atoms with van der Waals surface area (Å²) < 4.78 is 13.3. The molecular weight excluding hydrogens is 213 g/mol. The Balaban J connectivity index is 2.50. The summed E-state index contributed by atoms with van der Waals surface area (Å²) in [6.07, 6.45) is 0.120. The molecule has 88 valence electrons. The highest BCUT2D eigenvalue weighted by molar-refractivity contribution is 5.69. The molecule has 0 radical (unpaired) electrons. The topological polar surface area (TPSA) is 67.6 Å². The number of nitrogens with one attached hydrogen (secondary N) is 1. The molecule has 0 spiro atoms. The molecule has 6 heteroatoms. The quantitative estimate of drug-likeness (QED) is 0.568. The summed E-state index contributed by atoms with van der Waals surface area (Å²) in [6.45, 7) is 0.349. The van der Waals surface area contributed by atoms with E-state index < -0.39 is 5.97 Å². The lowest BCUT2D eigenvalue weighted by Gasteiger charge is -2.18. The minimum absolute atomic E-state index is 0.120. The molecule has 0 aliphatic rings. The number of carbonyl (C=O) groups excluding carboxylic acids is 1. The van der Waals surface area contributed by atoms with Crippen molar-refractivity contribution in [2.45, 2.75) is 6.42 Å². The Morgan fingerprint density at radius 1 is 1.56 bits per heavy atom. The number of anilines is 1. The average Bonchev–Trinajstić information content (AvgIpc) is 2.27. The Morgan fingerprint density at radius 3 is 2.88 bits per heavy atom. The van der Waals surface area contributed by atoms with Gasteiger partial charge < -0.3 is 9.74 Å². The van der Waals surface area contributed by atoms with E-state index in [1.807, 2.05) is 0 Å². The van der Waals surface area contributed by atoms with E-state index in [1.54, 1.807) is 35.7 Å². The van der Waals surface area contributed by atoms with Gasteiger partial charge in [0, 0.05) is 13.6 Å². The van der Waals surface area contributed by atoms with E-state index in [0.717, 1.165) is 0 Å². The van der Waals surface area contributed by atoms with Crippen LogP contribution in [0.3, 0.4) is 0 Å². The van der Waals surface area contributed by atoms with Gasteiger partial charge in [-0.1, -0.05) is 17.7 Å². The van der Waals surface area contributed by atoms with Crippen LogP contribution < -0.4 is 16.3 Å². The van der Waals surface area contributed by atoms with E-state index in [1.165, 1.54) is 6.07 Å². The number of nitrogens with two attached hydrogens (primary N) is 1. The minimum Gasteiger partial charge on any atom is -0.372 e. The Bertz CT molecular complexity index is 360. The minimum atomic E-state index is -0.495. The Morgan fingerprint density at radius 2 is 2.25 bits per heavy atom. The number of nitrogens with zero attached hydrogens (tertiary/aromatic N) is 1. The number of halogens is 1. The van der Waals surface area contributed by atoms with Gasteiger partial charge in [-0.3, -0.25) is 4.79 Å². The third kappa shape index (κ3) is 3.48. The van der Waals surface area contributed by atoms with Crippen LogP contribution in [0.25, 0.3) is 0 Å². The Labute approximate surface area is 92.9 Å². The monoisotopic (exact) mass is 227 g/mol. The highest BCUT2D eigenvalue weighted by Crippen LogP contribution is 2.16. The first kappa shape index (κ1) is 12.4. The molecule has 0 heterocycles. The fraction of sp³-hybridized carbons (Fsp3) is 0.300. The van der Waals surface area contributed by atoms with Gasteiger partial charge in [0.05, 0.1) is 12.1 Å². The third-order valence-electron chi connectivity index (χ3n) is 2.09. The summed E-state index contributed by atoms with van der Waals surface area (Å²) >= 11 is 0. The molecule has 0 unspecified atom stereocenters. The van der Waals surface area contributed by atoms with Crippen LogP contribution in [-0.2, 0) is 9.63 Å². The van der Waals surface area contributed by atoms with Gasteiger partial charge in [-0.25, -0.2) is 10.2 Å². The van der Waals surface area contributed by atoms with Gasteiger partial charge >= 0.3 is 5.97 Å². The predicted octanol–water partition coefficient (Wildman–Crippen LogP) is 0.574. The van der Waals surface area contributed by atoms with Crippen molar-refractivity contribution in [1.82, 2.24) is 5.59 Å². The van der Waals surface area contributed by atoms with Crippen molar-refractivity contribution in [3.05, 3.63) is 30.1 Å². The van der Waals surface area contributed by atoms with E-state index in [9.17, 15) is 9.18 Å². The Kier molecular flexibility index (Phi) is 4.68. The van der Waals surface area contributed by atoms with Crippen LogP contribution in [-0.4, -0.2) is 19.6 Å². The molecular formula is C10H14FN3O2. The molecule has 1 rings (SSSR count). The largest absolute Gasteiger partial charge is 0.372 e. The van der Waals surface area contributed by atoms with Crippen molar-refractivity contribution in [3.8, 4) is 0 Å². The molecule has 0 fully saturated rings. The van der Waals surface area contributed by atoms with Crippen LogP contribution >= 0.6 is 0 Å². The van der Waals surface area contributed by atoms with E-state index in [0.29, 0.717) is 12.2 Å². The molecule has 0 saturated carbocycles. The fourth-order valence-electron chi connectivity index (χ4n) is 1.26. The van der Waals surface area contributed by atoms with Crippen molar-refractivity contribution in [2.24, 2.45) is 5.84 Å². The average molecular weight is 227 g/mol. The van der Waals surface area contributed by atoms with Gasteiger partial charge in [0.15, 0.2) is 0 Å². The molecule has 0 aromatic heterocycles. The standard InChI is InChI=1S/C10H14FN3O2/c1-14(7-6-10(15)16-13-12)9-5-3-2-4-8(9)11/h2-5,13H,6-7,12H2,1H3. The lowest BCUT2D eigenvalue weighted by atomic mass is 10.2. The third-order valence-corrected chi connectivity index (χ3v) is 2.09. The zero-order valence-electron chi connectivity index (χ0n) is 8.94. The number of carbonyl (C=O) groups is 1. The molecule has 1 aromatic rings. The second-order valence-electron chi connectivity index (χ2n) is 3.21. The highest BCUT2D eigenvalue weighted by atomic mass is 19.1. The molecule has 0 atom stereocenters. The zero-order valence-corrected chi connectivity index (χ0v) is 8.94. The molecule has 0 bridgehead atoms. The second-order valence-corrected chi connectivity index (χ2v) is 3.21. The van der Waals surface area contributed by atoms with Gasteiger partial charge in [0.2, 0.25) is 0 Å². The summed E-state index contributed by atoms with van der Waals surface area (Å²) in [5.74, 6) is 3.99. The first-order valence-electron chi connectivity index (χ1n) is 4.76. The maximum Gasteiger partial charge on any atom is 0.328 e. The second kappa shape index (κ2) is 6.04. The maximum absolute atomic E-state index is 13.3. The van der Waals surface area contributed by atoms with Crippen molar-refractivity contribution >= 4 is 11.7 Å². The normalized spacial score (nSPS) is 9.94. The van der Waals surface area contributed by atoms with Crippen molar-refractivity contribution in [1.29, 1.82) is 0 Å². The van der Waals surface area contributed by atoms with Crippen LogP contribution in [0.1, 0.15) is 6.42 Å². The van der Waals surface area contributed by atoms with Crippen LogP contribution in [0.15, 0.2) is 24.3 Å². The first-order valence-corrected chi connectivity index (χ1v) is 4.76. The van der Waals surface area contributed by atoms with Gasteiger partial charge in [0.1, 0.15) is 5.82 Å². The lowest BCUT2D eigenvalue weighted by molar-refractivity contribution is -0.150. The van der Waals surface area contributed by atoms with Crippen molar-refractivity contribution < 1.29 is 14.0 Å². The summed E-state index contributed by atoms with van der Waals surface area (Å²) in [5, 5.41) is 0. The molecule has 5 nitrogen and oxygen atoms in total. The lowest BCUT2D eigenvalue weighted by Crippen LogP contribution is -2.29.